The third-order valence-corrected chi connectivity index (χ3v) is 3.50. The molecule has 0 spiro atoms. The Hall–Kier alpha value is -0.530. The zero-order valence-corrected chi connectivity index (χ0v) is 12.8. The Morgan fingerprint density at radius 3 is 2.56 bits per heavy atom. The summed E-state index contributed by atoms with van der Waals surface area (Å²) in [5.74, 6) is 0. The van der Waals surface area contributed by atoms with Gasteiger partial charge in [-0.15, -0.1) is 0 Å². The van der Waals surface area contributed by atoms with E-state index in [9.17, 15) is 0 Å². The minimum atomic E-state index is 0.524. The molecule has 0 amide bonds. The van der Waals surface area contributed by atoms with Gasteiger partial charge in [0.25, 0.3) is 0 Å². The molecule has 102 valence electrons. The minimum Gasteiger partial charge on any atom is -0.311 e. The minimum absolute atomic E-state index is 0.524. The number of halogens is 1. The summed E-state index contributed by atoms with van der Waals surface area (Å²) in [6.45, 7) is 8.73. The fourth-order valence-electron chi connectivity index (χ4n) is 2.25. The van der Waals surface area contributed by atoms with Crippen molar-refractivity contribution in [2.45, 2.75) is 65.5 Å². The topological polar surface area (TPSA) is 12.0 Å². The molecule has 1 atom stereocenters. The lowest BCUT2D eigenvalue weighted by molar-refractivity contribution is 0.425. The van der Waals surface area contributed by atoms with E-state index < -0.39 is 0 Å². The van der Waals surface area contributed by atoms with Gasteiger partial charge in [0.15, 0.2) is 0 Å². The zero-order chi connectivity index (χ0) is 13.5. The zero-order valence-electron chi connectivity index (χ0n) is 12.1. The molecule has 0 aliphatic heterocycles. The first-order valence-electron chi connectivity index (χ1n) is 7.04. The standard InChI is InChI=1S/C16H26ClN/c1-5-6-7-15(18-12(2)3)11-14-9-8-13(4)10-16(14)17/h8-10,12,15,18H,5-7,11H2,1-4H3. The second-order valence-electron chi connectivity index (χ2n) is 5.46. The summed E-state index contributed by atoms with van der Waals surface area (Å²) < 4.78 is 0. The molecule has 2 heteroatoms. The Bertz CT molecular complexity index is 360. The molecule has 1 rings (SSSR count). The second kappa shape index (κ2) is 7.81. The highest BCUT2D eigenvalue weighted by atomic mass is 35.5. The van der Waals surface area contributed by atoms with Crippen LogP contribution in [0.4, 0.5) is 0 Å². The van der Waals surface area contributed by atoms with Crippen molar-refractivity contribution >= 4 is 11.6 Å². The first kappa shape index (κ1) is 15.5. The maximum Gasteiger partial charge on any atom is 0.0441 e. The van der Waals surface area contributed by atoms with E-state index >= 15 is 0 Å². The fraction of sp³-hybridized carbons (Fsp3) is 0.625. The van der Waals surface area contributed by atoms with E-state index in [-0.39, 0.29) is 0 Å². The number of unbranched alkanes of at least 4 members (excludes halogenated alkanes) is 1. The van der Waals surface area contributed by atoms with Gasteiger partial charge in [0.1, 0.15) is 0 Å². The first-order chi connectivity index (χ1) is 8.52. The molecule has 1 unspecified atom stereocenters. The van der Waals surface area contributed by atoms with E-state index in [1.54, 1.807) is 0 Å². The molecule has 0 heterocycles. The summed E-state index contributed by atoms with van der Waals surface area (Å²) in [4.78, 5) is 0. The first-order valence-corrected chi connectivity index (χ1v) is 7.41. The van der Waals surface area contributed by atoms with Crippen molar-refractivity contribution in [3.63, 3.8) is 0 Å². The van der Waals surface area contributed by atoms with Crippen LogP contribution in [0.3, 0.4) is 0 Å². The average molecular weight is 268 g/mol. The average Bonchev–Trinajstić information content (AvgIpc) is 2.29. The van der Waals surface area contributed by atoms with Crippen molar-refractivity contribution in [3.8, 4) is 0 Å². The molecule has 18 heavy (non-hydrogen) atoms. The van der Waals surface area contributed by atoms with E-state index in [0.29, 0.717) is 12.1 Å². The van der Waals surface area contributed by atoms with Crippen LogP contribution in [0, 0.1) is 6.92 Å². The third-order valence-electron chi connectivity index (χ3n) is 3.15. The Kier molecular flexibility index (Phi) is 6.73. The summed E-state index contributed by atoms with van der Waals surface area (Å²) >= 11 is 6.32. The van der Waals surface area contributed by atoms with Crippen molar-refractivity contribution in [2.75, 3.05) is 0 Å². The Balaban J connectivity index is 2.68. The molecule has 0 saturated heterocycles. The van der Waals surface area contributed by atoms with Gasteiger partial charge in [-0.2, -0.15) is 0 Å². The highest BCUT2D eigenvalue weighted by molar-refractivity contribution is 6.31. The SMILES string of the molecule is CCCCC(Cc1ccc(C)cc1Cl)NC(C)C. The van der Waals surface area contributed by atoms with Gasteiger partial charge in [0.05, 0.1) is 0 Å². The van der Waals surface area contributed by atoms with Gasteiger partial charge in [-0.3, -0.25) is 0 Å². The van der Waals surface area contributed by atoms with Gasteiger partial charge >= 0.3 is 0 Å². The van der Waals surface area contributed by atoms with Crippen molar-refractivity contribution in [1.82, 2.24) is 5.32 Å². The molecule has 1 N–H and O–H groups in total. The smallest absolute Gasteiger partial charge is 0.0441 e. The van der Waals surface area contributed by atoms with Crippen LogP contribution < -0.4 is 5.32 Å². The number of nitrogens with one attached hydrogen (secondary N) is 1. The normalized spacial score (nSPS) is 13.0. The van der Waals surface area contributed by atoms with Gasteiger partial charge in [-0.25, -0.2) is 0 Å². The van der Waals surface area contributed by atoms with Gasteiger partial charge in [-0.1, -0.05) is 57.3 Å². The largest absolute Gasteiger partial charge is 0.311 e. The van der Waals surface area contributed by atoms with Crippen LogP contribution in [0.5, 0.6) is 0 Å². The van der Waals surface area contributed by atoms with Crippen LogP contribution in [0.2, 0.25) is 5.02 Å². The summed E-state index contributed by atoms with van der Waals surface area (Å²) in [7, 11) is 0. The molecular formula is C16H26ClN. The molecule has 0 radical (unpaired) electrons. The summed E-state index contributed by atoms with van der Waals surface area (Å²) in [6.07, 6.45) is 4.77. The van der Waals surface area contributed by atoms with Crippen LogP contribution in [0.25, 0.3) is 0 Å². The number of aryl methyl sites for hydroxylation is 1. The lowest BCUT2D eigenvalue weighted by atomic mass is 9.99. The van der Waals surface area contributed by atoms with Gasteiger partial charge < -0.3 is 5.32 Å². The number of benzene rings is 1. The number of hydrogen-bond acceptors (Lipinski definition) is 1. The molecule has 1 nitrogen and oxygen atoms in total. The molecule has 0 fully saturated rings. The molecule has 0 aliphatic rings. The van der Waals surface area contributed by atoms with Crippen LogP contribution in [0.15, 0.2) is 18.2 Å². The molecule has 0 aliphatic carbocycles. The predicted octanol–water partition coefficient (Wildman–Crippen LogP) is 4.75. The van der Waals surface area contributed by atoms with Crippen LogP contribution in [-0.2, 0) is 6.42 Å². The lowest BCUT2D eigenvalue weighted by Gasteiger charge is -2.22. The van der Waals surface area contributed by atoms with Gasteiger partial charge in [-0.05, 0) is 37.0 Å². The Morgan fingerprint density at radius 1 is 1.28 bits per heavy atom. The number of rotatable bonds is 7. The molecule has 0 aromatic heterocycles. The molecular weight excluding hydrogens is 242 g/mol. The summed E-state index contributed by atoms with van der Waals surface area (Å²) in [5, 5.41) is 4.55. The highest BCUT2D eigenvalue weighted by Gasteiger charge is 2.12. The van der Waals surface area contributed by atoms with Gasteiger partial charge in [0, 0.05) is 17.1 Å². The van der Waals surface area contributed by atoms with E-state index in [0.717, 1.165) is 11.4 Å². The van der Waals surface area contributed by atoms with E-state index in [1.165, 1.54) is 30.4 Å². The maximum absolute atomic E-state index is 6.32. The maximum atomic E-state index is 6.32. The predicted molar refractivity (Wildman–Crippen MR) is 81.5 cm³/mol. The third kappa shape index (κ3) is 5.41. The molecule has 0 saturated carbocycles. The van der Waals surface area contributed by atoms with E-state index in [1.807, 2.05) is 0 Å². The lowest BCUT2D eigenvalue weighted by Crippen LogP contribution is -2.36. The molecule has 1 aromatic carbocycles. The summed E-state index contributed by atoms with van der Waals surface area (Å²) in [5.41, 5.74) is 2.49. The Morgan fingerprint density at radius 2 is 2.00 bits per heavy atom. The monoisotopic (exact) mass is 267 g/mol. The van der Waals surface area contributed by atoms with Crippen molar-refractivity contribution in [2.24, 2.45) is 0 Å². The van der Waals surface area contributed by atoms with Crippen LogP contribution in [-0.4, -0.2) is 12.1 Å². The van der Waals surface area contributed by atoms with Crippen LogP contribution >= 0.6 is 11.6 Å². The second-order valence-corrected chi connectivity index (χ2v) is 5.87. The van der Waals surface area contributed by atoms with Crippen molar-refractivity contribution < 1.29 is 0 Å². The van der Waals surface area contributed by atoms with Crippen molar-refractivity contribution in [1.29, 1.82) is 0 Å². The fourth-order valence-corrected chi connectivity index (χ4v) is 2.56. The van der Waals surface area contributed by atoms with E-state index in [4.69, 9.17) is 11.6 Å². The highest BCUT2D eigenvalue weighted by Crippen LogP contribution is 2.20. The van der Waals surface area contributed by atoms with Crippen LogP contribution in [0.1, 0.15) is 51.2 Å². The quantitative estimate of drug-likeness (QED) is 0.752. The molecule has 0 bridgehead atoms. The Labute approximate surface area is 117 Å². The van der Waals surface area contributed by atoms with Crippen molar-refractivity contribution in [3.05, 3.63) is 34.3 Å². The van der Waals surface area contributed by atoms with E-state index in [2.05, 4.69) is 51.2 Å². The molecule has 1 aromatic rings. The summed E-state index contributed by atoms with van der Waals surface area (Å²) in [6, 6.07) is 7.43. The van der Waals surface area contributed by atoms with Gasteiger partial charge in [0.2, 0.25) is 0 Å². The number of hydrogen-bond donors (Lipinski definition) is 1.